The summed E-state index contributed by atoms with van der Waals surface area (Å²) in [5, 5.41) is 14.7. The van der Waals surface area contributed by atoms with E-state index >= 15 is 0 Å². The van der Waals surface area contributed by atoms with Crippen LogP contribution in [0, 0.1) is 0 Å². The lowest BCUT2D eigenvalue weighted by Crippen LogP contribution is -2.38. The van der Waals surface area contributed by atoms with E-state index < -0.39 is 0 Å². The number of likely N-dealkylation sites (tertiary alicyclic amines) is 1. The lowest BCUT2D eigenvalue weighted by Gasteiger charge is -2.31. The zero-order valence-corrected chi connectivity index (χ0v) is 27.0. The number of rotatable bonds is 19. The van der Waals surface area contributed by atoms with Gasteiger partial charge in [0, 0.05) is 44.0 Å². The number of nitrogens with one attached hydrogen (secondary N) is 2. The minimum atomic E-state index is -0.372. The van der Waals surface area contributed by atoms with Crippen LogP contribution in [0.1, 0.15) is 41.4 Å². The Morgan fingerprint density at radius 1 is 0.875 bits per heavy atom. The molecule has 0 aliphatic carbocycles. The van der Waals surface area contributed by atoms with E-state index in [0.717, 1.165) is 18.5 Å². The lowest BCUT2D eigenvalue weighted by atomic mass is 9.93. The number of carbonyl (C=O) groups is 2. The van der Waals surface area contributed by atoms with Crippen LogP contribution in [0.3, 0.4) is 0 Å². The number of pyridine rings is 2. The van der Waals surface area contributed by atoms with Crippen LogP contribution >= 0.6 is 0 Å². The zero-order chi connectivity index (χ0) is 33.4. The van der Waals surface area contributed by atoms with E-state index in [9.17, 15) is 9.59 Å². The van der Waals surface area contributed by atoms with Crippen LogP contribution in [0.4, 0.5) is 5.82 Å². The van der Waals surface area contributed by atoms with Gasteiger partial charge in [-0.3, -0.25) is 14.7 Å². The molecule has 256 valence electrons. The predicted molar refractivity (Wildman–Crippen MR) is 177 cm³/mol. The molecule has 0 spiro atoms. The van der Waals surface area contributed by atoms with Gasteiger partial charge in [-0.25, -0.2) is 9.97 Å². The quantitative estimate of drug-likeness (QED) is 0.125. The highest BCUT2D eigenvalue weighted by Gasteiger charge is 2.27. The Morgan fingerprint density at radius 3 is 2.27 bits per heavy atom. The summed E-state index contributed by atoms with van der Waals surface area (Å²) in [5.74, 6) is 0.878. The molecule has 0 atom stereocenters. The highest BCUT2D eigenvalue weighted by atomic mass is 16.6. The van der Waals surface area contributed by atoms with Gasteiger partial charge in [-0.05, 0) is 43.2 Å². The summed E-state index contributed by atoms with van der Waals surface area (Å²) in [6, 6.07) is 14.4. The highest BCUT2D eigenvalue weighted by Crippen LogP contribution is 2.30. The topological polar surface area (TPSA) is 185 Å². The van der Waals surface area contributed by atoms with Crippen molar-refractivity contribution >= 4 is 17.6 Å². The van der Waals surface area contributed by atoms with Crippen molar-refractivity contribution in [1.82, 2.24) is 34.8 Å². The maximum atomic E-state index is 13.3. The van der Waals surface area contributed by atoms with Gasteiger partial charge in [0.25, 0.3) is 5.91 Å². The number of nitrogens with zero attached hydrogens (tertiary/aromatic N) is 6. The number of hydrogen-bond acceptors (Lipinski definition) is 11. The summed E-state index contributed by atoms with van der Waals surface area (Å²) in [6.45, 7) is 5.45. The van der Waals surface area contributed by atoms with Crippen LogP contribution < -0.4 is 11.1 Å². The normalized spacial score (nSPS) is 13.6. The fraction of sp³-hybridized carbons (Fsp3) is 0.455. The monoisotopic (exact) mass is 661 g/mol. The van der Waals surface area contributed by atoms with Crippen LogP contribution in [-0.4, -0.2) is 119 Å². The van der Waals surface area contributed by atoms with Gasteiger partial charge < -0.3 is 34.9 Å². The molecular weight excluding hydrogens is 618 g/mol. The van der Waals surface area contributed by atoms with Crippen LogP contribution in [0.2, 0.25) is 0 Å². The summed E-state index contributed by atoms with van der Waals surface area (Å²) in [4.78, 5) is 37.0. The molecule has 4 aromatic heterocycles. The molecule has 0 unspecified atom stereocenters. The van der Waals surface area contributed by atoms with E-state index in [-0.39, 0.29) is 23.4 Å². The van der Waals surface area contributed by atoms with Crippen molar-refractivity contribution in [2.45, 2.75) is 25.2 Å². The standard InChI is InChI=1S/C33H43N9O6/c34-11-17-46-19-21-48-23-22-47-20-18-45-16-10-32(43)41-14-8-25(9-15-41)29-24-31(42(40-29)30-6-1-2-12-35-30)38-33(44)28-5-3-4-26(37-28)27-7-13-36-39-27/h1-7,12-13,24-25H,8-11,14-23,34H2,(H,36,39)(H,38,44). The zero-order valence-electron chi connectivity index (χ0n) is 27.0. The van der Waals surface area contributed by atoms with E-state index in [1.54, 1.807) is 35.3 Å². The maximum Gasteiger partial charge on any atom is 0.275 e. The lowest BCUT2D eigenvalue weighted by molar-refractivity contribution is -0.133. The predicted octanol–water partition coefficient (Wildman–Crippen LogP) is 2.43. The fourth-order valence-electron chi connectivity index (χ4n) is 5.22. The summed E-state index contributed by atoms with van der Waals surface area (Å²) >= 11 is 0. The number of hydrogen-bond donors (Lipinski definition) is 3. The minimum absolute atomic E-state index is 0.0662. The van der Waals surface area contributed by atoms with E-state index in [1.165, 1.54) is 0 Å². The van der Waals surface area contributed by atoms with Crippen LogP contribution in [0.25, 0.3) is 17.2 Å². The van der Waals surface area contributed by atoms with E-state index in [2.05, 4.69) is 25.5 Å². The first-order chi connectivity index (χ1) is 23.6. The largest absolute Gasteiger partial charge is 0.379 e. The molecule has 1 aliphatic rings. The number of anilines is 1. The molecule has 15 nitrogen and oxygen atoms in total. The smallest absolute Gasteiger partial charge is 0.275 e. The molecule has 1 saturated heterocycles. The Balaban J connectivity index is 1.07. The SMILES string of the molecule is NCCOCCOCCOCCOCCC(=O)N1CCC(c2cc(NC(=O)c3cccc(-c4ccn[nH]4)n3)n(-c3ccccn3)n2)CC1. The summed E-state index contributed by atoms with van der Waals surface area (Å²) < 4.78 is 23.4. The average molecular weight is 662 g/mol. The molecule has 15 heteroatoms. The van der Waals surface area contributed by atoms with Gasteiger partial charge in [0.2, 0.25) is 5.91 Å². The summed E-state index contributed by atoms with van der Waals surface area (Å²) in [5.41, 5.74) is 7.77. The molecule has 0 bridgehead atoms. The van der Waals surface area contributed by atoms with Crippen LogP contribution in [0.15, 0.2) is 60.9 Å². The summed E-state index contributed by atoms with van der Waals surface area (Å²) in [7, 11) is 0. The van der Waals surface area contributed by atoms with E-state index in [0.29, 0.717) is 102 Å². The molecule has 0 saturated carbocycles. The second kappa shape index (κ2) is 18.7. The number of carbonyl (C=O) groups excluding carboxylic acids is 2. The second-order valence-electron chi connectivity index (χ2n) is 11.0. The van der Waals surface area contributed by atoms with Crippen molar-refractivity contribution in [3.63, 3.8) is 0 Å². The van der Waals surface area contributed by atoms with E-state index in [1.807, 2.05) is 35.2 Å². The first-order valence-corrected chi connectivity index (χ1v) is 16.2. The third-order valence-corrected chi connectivity index (χ3v) is 7.70. The number of H-pyrrole nitrogens is 1. The first kappa shape index (κ1) is 34.8. The van der Waals surface area contributed by atoms with Crippen LogP contribution in [-0.2, 0) is 23.7 Å². The number of ether oxygens (including phenoxy) is 4. The third kappa shape index (κ3) is 10.2. The molecule has 4 aromatic rings. The van der Waals surface area contributed by atoms with E-state index in [4.69, 9.17) is 29.8 Å². The van der Waals surface area contributed by atoms with Crippen molar-refractivity contribution in [2.24, 2.45) is 5.73 Å². The van der Waals surface area contributed by atoms with Gasteiger partial charge >= 0.3 is 0 Å². The average Bonchev–Trinajstić information content (AvgIpc) is 3.82. The fourth-order valence-corrected chi connectivity index (χ4v) is 5.22. The molecule has 0 aromatic carbocycles. The maximum absolute atomic E-state index is 13.3. The van der Waals surface area contributed by atoms with Crippen molar-refractivity contribution in [3.05, 3.63) is 72.3 Å². The Kier molecular flexibility index (Phi) is 13.6. The van der Waals surface area contributed by atoms with Gasteiger partial charge in [-0.2, -0.15) is 14.9 Å². The van der Waals surface area contributed by atoms with Crippen molar-refractivity contribution in [3.8, 4) is 17.2 Å². The molecule has 5 rings (SSSR count). The van der Waals surface area contributed by atoms with Crippen molar-refractivity contribution in [1.29, 1.82) is 0 Å². The number of piperidine rings is 1. The molecule has 1 aliphatic heterocycles. The Bertz CT molecular complexity index is 1540. The summed E-state index contributed by atoms with van der Waals surface area (Å²) in [6.07, 6.45) is 5.13. The molecule has 48 heavy (non-hydrogen) atoms. The molecule has 1 fully saturated rings. The molecule has 5 heterocycles. The number of aromatic amines is 1. The van der Waals surface area contributed by atoms with Gasteiger partial charge in [-0.15, -0.1) is 0 Å². The number of aromatic nitrogens is 6. The molecule has 0 radical (unpaired) electrons. The van der Waals surface area contributed by atoms with Crippen LogP contribution in [0.5, 0.6) is 0 Å². The van der Waals surface area contributed by atoms with Gasteiger partial charge in [0.1, 0.15) is 11.5 Å². The number of amides is 2. The number of nitrogens with two attached hydrogens (primary N) is 1. The van der Waals surface area contributed by atoms with Crippen molar-refractivity contribution in [2.75, 3.05) is 77.8 Å². The van der Waals surface area contributed by atoms with Crippen molar-refractivity contribution < 1.29 is 28.5 Å². The third-order valence-electron chi connectivity index (χ3n) is 7.70. The highest BCUT2D eigenvalue weighted by molar-refractivity contribution is 6.02. The Morgan fingerprint density at radius 2 is 1.60 bits per heavy atom. The molecular formula is C33H43N9O6. The second-order valence-corrected chi connectivity index (χ2v) is 11.0. The Hall–Kier alpha value is -4.54. The van der Waals surface area contributed by atoms with Gasteiger partial charge in [0.05, 0.1) is 76.4 Å². The van der Waals surface area contributed by atoms with Gasteiger partial charge in [0.15, 0.2) is 5.82 Å². The van der Waals surface area contributed by atoms with Gasteiger partial charge in [-0.1, -0.05) is 12.1 Å². The molecule has 4 N–H and O–H groups in total. The first-order valence-electron chi connectivity index (χ1n) is 16.2. The minimum Gasteiger partial charge on any atom is -0.379 e. The Labute approximate surface area is 279 Å². The molecule has 2 amide bonds.